The summed E-state index contributed by atoms with van der Waals surface area (Å²) in [6.07, 6.45) is 1.68. The Hall–Kier alpha value is -3.36. The number of anilines is 2. The van der Waals surface area contributed by atoms with Gasteiger partial charge in [0.15, 0.2) is 5.69 Å². The van der Waals surface area contributed by atoms with Crippen LogP contribution >= 0.6 is 11.6 Å². The van der Waals surface area contributed by atoms with E-state index in [0.717, 1.165) is 37.7 Å². The van der Waals surface area contributed by atoms with Gasteiger partial charge in [-0.25, -0.2) is 4.68 Å². The number of nitrogens with zero attached hydrogens (tertiary/aromatic N) is 4. The number of benzene rings is 2. The first-order chi connectivity index (χ1) is 15.5. The van der Waals surface area contributed by atoms with Crippen LogP contribution in [0.15, 0.2) is 60.8 Å². The molecule has 0 unspecified atom stereocenters. The molecule has 2 amide bonds. The minimum Gasteiger partial charge on any atom is -0.378 e. The standard InChI is InChI=1S/C23H24ClN5O3/c1-27(23(31)21-9-10-29(26-21)20-4-2-3-17(24)15-20)16-22(30)25-18-5-7-19(8-6-18)28-11-13-32-14-12-28/h2-10,15H,11-14,16H2,1H3,(H,25,30). The van der Waals surface area contributed by atoms with Gasteiger partial charge in [-0.2, -0.15) is 5.10 Å². The maximum Gasteiger partial charge on any atom is 0.274 e. The van der Waals surface area contributed by atoms with Gasteiger partial charge in [-0.15, -0.1) is 0 Å². The quantitative estimate of drug-likeness (QED) is 0.620. The van der Waals surface area contributed by atoms with Crippen LogP contribution in [-0.2, 0) is 9.53 Å². The third-order valence-electron chi connectivity index (χ3n) is 5.14. The van der Waals surface area contributed by atoms with E-state index in [4.69, 9.17) is 16.3 Å². The molecule has 0 atom stereocenters. The van der Waals surface area contributed by atoms with Crippen LogP contribution in [0.4, 0.5) is 11.4 Å². The summed E-state index contributed by atoms with van der Waals surface area (Å²) in [7, 11) is 1.57. The van der Waals surface area contributed by atoms with E-state index in [1.165, 1.54) is 4.90 Å². The molecule has 1 aliphatic rings. The van der Waals surface area contributed by atoms with Crippen molar-refractivity contribution in [3.05, 3.63) is 71.5 Å². The first kappa shape index (κ1) is 21.9. The second-order valence-corrected chi connectivity index (χ2v) is 7.92. The molecule has 0 radical (unpaired) electrons. The lowest BCUT2D eigenvalue weighted by Gasteiger charge is -2.28. The number of hydrogen-bond donors (Lipinski definition) is 1. The van der Waals surface area contributed by atoms with E-state index in [-0.39, 0.29) is 24.1 Å². The molecule has 2 heterocycles. The summed E-state index contributed by atoms with van der Waals surface area (Å²) in [5.74, 6) is -0.627. The molecule has 1 aliphatic heterocycles. The van der Waals surface area contributed by atoms with Crippen molar-refractivity contribution in [3.8, 4) is 5.69 Å². The van der Waals surface area contributed by atoms with Crippen LogP contribution in [0.25, 0.3) is 5.69 Å². The van der Waals surface area contributed by atoms with Crippen LogP contribution in [0.3, 0.4) is 0 Å². The molecule has 9 heteroatoms. The van der Waals surface area contributed by atoms with Gasteiger partial charge in [-0.3, -0.25) is 9.59 Å². The van der Waals surface area contributed by atoms with Gasteiger partial charge in [-0.05, 0) is 48.5 Å². The molecule has 4 rings (SSSR count). The number of nitrogens with one attached hydrogen (secondary N) is 1. The third-order valence-corrected chi connectivity index (χ3v) is 5.37. The first-order valence-corrected chi connectivity index (χ1v) is 10.7. The maximum atomic E-state index is 12.7. The summed E-state index contributed by atoms with van der Waals surface area (Å²) < 4.78 is 6.94. The number of morpholine rings is 1. The van der Waals surface area contributed by atoms with Gasteiger partial charge in [0, 0.05) is 42.7 Å². The van der Waals surface area contributed by atoms with E-state index in [2.05, 4.69) is 15.3 Å². The number of amides is 2. The van der Waals surface area contributed by atoms with Gasteiger partial charge >= 0.3 is 0 Å². The molecule has 1 saturated heterocycles. The zero-order chi connectivity index (χ0) is 22.5. The van der Waals surface area contributed by atoms with Gasteiger partial charge in [0.25, 0.3) is 5.91 Å². The number of carbonyl (C=O) groups is 2. The fourth-order valence-corrected chi connectivity index (χ4v) is 3.65. The highest BCUT2D eigenvalue weighted by Crippen LogP contribution is 2.19. The van der Waals surface area contributed by atoms with Crippen molar-refractivity contribution in [2.45, 2.75) is 0 Å². The summed E-state index contributed by atoms with van der Waals surface area (Å²) >= 11 is 6.02. The van der Waals surface area contributed by atoms with Crippen LogP contribution in [0, 0.1) is 0 Å². The van der Waals surface area contributed by atoms with E-state index in [1.807, 2.05) is 36.4 Å². The topological polar surface area (TPSA) is 79.7 Å². The lowest BCUT2D eigenvalue weighted by atomic mass is 10.2. The fourth-order valence-electron chi connectivity index (χ4n) is 3.46. The lowest BCUT2D eigenvalue weighted by Crippen LogP contribution is -2.36. The highest BCUT2D eigenvalue weighted by Gasteiger charge is 2.18. The van der Waals surface area contributed by atoms with E-state index in [9.17, 15) is 9.59 Å². The van der Waals surface area contributed by atoms with Gasteiger partial charge < -0.3 is 19.9 Å². The number of halogens is 1. The Morgan fingerprint density at radius 2 is 1.84 bits per heavy atom. The van der Waals surface area contributed by atoms with Crippen molar-refractivity contribution < 1.29 is 14.3 Å². The second-order valence-electron chi connectivity index (χ2n) is 7.48. The molecule has 0 aliphatic carbocycles. The van der Waals surface area contributed by atoms with Crippen molar-refractivity contribution in [1.82, 2.24) is 14.7 Å². The number of carbonyl (C=O) groups excluding carboxylic acids is 2. The first-order valence-electron chi connectivity index (χ1n) is 10.3. The van der Waals surface area contributed by atoms with Crippen molar-refractivity contribution in [1.29, 1.82) is 0 Å². The van der Waals surface area contributed by atoms with Crippen molar-refractivity contribution in [2.24, 2.45) is 0 Å². The zero-order valence-corrected chi connectivity index (χ0v) is 18.5. The van der Waals surface area contributed by atoms with E-state index in [0.29, 0.717) is 10.7 Å². The molecule has 1 aromatic heterocycles. The highest BCUT2D eigenvalue weighted by molar-refractivity contribution is 6.30. The number of aromatic nitrogens is 2. The van der Waals surface area contributed by atoms with E-state index < -0.39 is 0 Å². The van der Waals surface area contributed by atoms with Gasteiger partial charge in [0.1, 0.15) is 0 Å². The minimum absolute atomic E-state index is 0.0892. The summed E-state index contributed by atoms with van der Waals surface area (Å²) in [5.41, 5.74) is 2.76. The SMILES string of the molecule is CN(CC(=O)Nc1ccc(N2CCOCC2)cc1)C(=O)c1ccn(-c2cccc(Cl)c2)n1. The Morgan fingerprint density at radius 3 is 2.56 bits per heavy atom. The monoisotopic (exact) mass is 453 g/mol. The molecular formula is C23H24ClN5O3. The lowest BCUT2D eigenvalue weighted by molar-refractivity contribution is -0.116. The molecular weight excluding hydrogens is 430 g/mol. The molecule has 1 fully saturated rings. The molecule has 166 valence electrons. The van der Waals surface area contributed by atoms with Gasteiger partial charge in [-0.1, -0.05) is 17.7 Å². The normalized spacial score (nSPS) is 13.6. The van der Waals surface area contributed by atoms with Crippen molar-refractivity contribution in [3.63, 3.8) is 0 Å². The van der Waals surface area contributed by atoms with Crippen LogP contribution in [0.1, 0.15) is 10.5 Å². The maximum absolute atomic E-state index is 12.7. The van der Waals surface area contributed by atoms with Crippen LogP contribution in [-0.4, -0.2) is 66.4 Å². The molecule has 0 saturated carbocycles. The van der Waals surface area contributed by atoms with Gasteiger partial charge in [0.2, 0.25) is 5.91 Å². The average Bonchev–Trinajstić information content (AvgIpc) is 3.30. The predicted octanol–water partition coefficient (Wildman–Crippen LogP) is 3.07. The fraction of sp³-hybridized carbons (Fsp3) is 0.261. The minimum atomic E-state index is -0.344. The Balaban J connectivity index is 1.33. The Morgan fingerprint density at radius 1 is 1.09 bits per heavy atom. The van der Waals surface area contributed by atoms with Crippen LogP contribution < -0.4 is 10.2 Å². The smallest absolute Gasteiger partial charge is 0.274 e. The molecule has 32 heavy (non-hydrogen) atoms. The number of likely N-dealkylation sites (N-methyl/N-ethyl adjacent to an activating group) is 1. The Bertz CT molecular complexity index is 1090. The van der Waals surface area contributed by atoms with Crippen LogP contribution in [0.5, 0.6) is 0 Å². The molecule has 0 spiro atoms. The van der Waals surface area contributed by atoms with Crippen LogP contribution in [0.2, 0.25) is 5.02 Å². The average molecular weight is 454 g/mol. The van der Waals surface area contributed by atoms with E-state index in [1.54, 1.807) is 36.1 Å². The number of hydrogen-bond acceptors (Lipinski definition) is 5. The number of ether oxygens (including phenoxy) is 1. The Kier molecular flexibility index (Phi) is 6.72. The van der Waals surface area contributed by atoms with Crippen molar-refractivity contribution >= 4 is 34.8 Å². The predicted molar refractivity (Wildman–Crippen MR) is 124 cm³/mol. The highest BCUT2D eigenvalue weighted by atomic mass is 35.5. The molecule has 1 N–H and O–H groups in total. The molecule has 3 aromatic rings. The summed E-state index contributed by atoms with van der Waals surface area (Å²) in [6.45, 7) is 3.05. The molecule has 8 nitrogen and oxygen atoms in total. The zero-order valence-electron chi connectivity index (χ0n) is 17.7. The summed E-state index contributed by atoms with van der Waals surface area (Å²) in [6, 6.07) is 16.4. The molecule has 0 bridgehead atoms. The Labute approximate surface area is 191 Å². The van der Waals surface area contributed by atoms with Crippen molar-refractivity contribution in [2.75, 3.05) is 50.1 Å². The number of rotatable bonds is 6. The summed E-state index contributed by atoms with van der Waals surface area (Å²) in [4.78, 5) is 28.7. The summed E-state index contributed by atoms with van der Waals surface area (Å²) in [5, 5.41) is 7.72. The second kappa shape index (κ2) is 9.84. The molecule has 2 aromatic carbocycles. The third kappa shape index (κ3) is 5.27. The van der Waals surface area contributed by atoms with Gasteiger partial charge in [0.05, 0.1) is 25.4 Å². The largest absolute Gasteiger partial charge is 0.378 e. The van der Waals surface area contributed by atoms with E-state index >= 15 is 0 Å².